The van der Waals surface area contributed by atoms with Gasteiger partial charge in [0.25, 0.3) is 0 Å². The lowest BCUT2D eigenvalue weighted by molar-refractivity contribution is -0.108. The van der Waals surface area contributed by atoms with Crippen LogP contribution >= 0.6 is 23.5 Å². The zero-order chi connectivity index (χ0) is 25.9. The van der Waals surface area contributed by atoms with Crippen LogP contribution in [0.4, 0.5) is 0 Å². The summed E-state index contributed by atoms with van der Waals surface area (Å²) in [5, 5.41) is 23.3. The Balaban J connectivity index is 0.00000380. The largest absolute Gasteiger partial charge is 0.507 e. The van der Waals surface area contributed by atoms with Crippen molar-refractivity contribution >= 4 is 39.9 Å². The number of nitrogens with zero attached hydrogens (tertiary/aromatic N) is 2. The molecule has 2 aromatic rings. The van der Waals surface area contributed by atoms with E-state index in [-0.39, 0.29) is 25.0 Å². The second-order valence-electron chi connectivity index (χ2n) is 9.81. The summed E-state index contributed by atoms with van der Waals surface area (Å²) in [6.45, 7) is 8.85. The standard InChI is InChI=1S/C27H32N2O5S2.CH4/c1-26(2,34-21-10-6-8-19(23(21)32)24-28-12-14-35-24)11-13-33-27(3,4)20-9-5-7-18(22(20)31)25-29-17(15-30)16-36-25;/h5-10,15,17,31-32H,11-14,16H2,1-4H3;1H4. The molecule has 9 heteroatoms. The molecule has 1 unspecified atom stereocenters. The van der Waals surface area contributed by atoms with Crippen LogP contribution in [0.15, 0.2) is 46.4 Å². The molecule has 1 atom stereocenters. The highest BCUT2D eigenvalue weighted by Gasteiger charge is 2.30. The minimum Gasteiger partial charge on any atom is -0.507 e. The van der Waals surface area contributed by atoms with Gasteiger partial charge in [-0.2, -0.15) is 0 Å². The molecule has 0 aromatic heterocycles. The third kappa shape index (κ3) is 6.69. The normalized spacial score (nSPS) is 17.7. The van der Waals surface area contributed by atoms with Crippen molar-refractivity contribution < 1.29 is 24.5 Å². The van der Waals surface area contributed by atoms with Gasteiger partial charge in [-0.1, -0.05) is 25.6 Å². The summed E-state index contributed by atoms with van der Waals surface area (Å²) >= 11 is 3.10. The van der Waals surface area contributed by atoms with E-state index in [4.69, 9.17) is 9.47 Å². The van der Waals surface area contributed by atoms with Gasteiger partial charge in [-0.25, -0.2) is 0 Å². The highest BCUT2D eigenvalue weighted by atomic mass is 32.2. The number of hydrogen-bond donors (Lipinski definition) is 2. The van der Waals surface area contributed by atoms with Gasteiger partial charge >= 0.3 is 0 Å². The second kappa shape index (κ2) is 11.9. The number of carbonyl (C=O) groups is 1. The molecule has 2 heterocycles. The van der Waals surface area contributed by atoms with E-state index in [1.54, 1.807) is 23.9 Å². The molecule has 0 saturated heterocycles. The number of aliphatic imine (C=N–C) groups is 2. The lowest BCUT2D eigenvalue weighted by Gasteiger charge is -2.31. The van der Waals surface area contributed by atoms with Gasteiger partial charge in [-0.05, 0) is 45.9 Å². The summed E-state index contributed by atoms with van der Waals surface area (Å²) in [4.78, 5) is 19.9. The van der Waals surface area contributed by atoms with Crippen molar-refractivity contribution in [3.05, 3.63) is 53.1 Å². The smallest absolute Gasteiger partial charge is 0.167 e. The Morgan fingerprint density at radius 1 is 1.03 bits per heavy atom. The highest BCUT2D eigenvalue weighted by molar-refractivity contribution is 8.15. The molecule has 2 aromatic carbocycles. The van der Waals surface area contributed by atoms with Crippen LogP contribution in [0.1, 0.15) is 58.2 Å². The van der Waals surface area contributed by atoms with Gasteiger partial charge in [0, 0.05) is 35.6 Å². The van der Waals surface area contributed by atoms with Crippen LogP contribution in [0.3, 0.4) is 0 Å². The fraction of sp³-hybridized carbons (Fsp3) is 0.464. The Hall–Kier alpha value is -2.49. The molecular formula is C28H36N2O5S2. The topological polar surface area (TPSA) is 101 Å². The maximum absolute atomic E-state index is 11.1. The van der Waals surface area contributed by atoms with Crippen molar-refractivity contribution in [2.45, 2.75) is 58.8 Å². The number of aromatic hydroxyl groups is 2. The van der Waals surface area contributed by atoms with Gasteiger partial charge in [0.2, 0.25) is 0 Å². The molecule has 2 N–H and O–H groups in total. The Morgan fingerprint density at radius 3 is 2.38 bits per heavy atom. The molecule has 37 heavy (non-hydrogen) atoms. The minimum absolute atomic E-state index is 0. The lowest BCUT2D eigenvalue weighted by Crippen LogP contribution is -2.32. The van der Waals surface area contributed by atoms with Crippen molar-refractivity contribution in [1.82, 2.24) is 0 Å². The molecular weight excluding hydrogens is 508 g/mol. The van der Waals surface area contributed by atoms with E-state index >= 15 is 0 Å². The number of hydrogen-bond acceptors (Lipinski definition) is 9. The third-order valence-electron chi connectivity index (χ3n) is 6.11. The van der Waals surface area contributed by atoms with Crippen LogP contribution in [-0.2, 0) is 15.1 Å². The van der Waals surface area contributed by atoms with Crippen molar-refractivity contribution in [2.75, 3.05) is 24.7 Å². The minimum atomic E-state index is -0.774. The number of ether oxygens (including phenoxy) is 2. The molecule has 200 valence electrons. The molecule has 4 rings (SSSR count). The molecule has 7 nitrogen and oxygen atoms in total. The number of phenolic OH excluding ortho intramolecular Hbond substituents is 2. The molecule has 0 amide bonds. The van der Waals surface area contributed by atoms with E-state index in [0.29, 0.717) is 46.3 Å². The first kappa shape index (κ1) is 29.1. The molecule has 0 fully saturated rings. The molecule has 2 aliphatic heterocycles. The fourth-order valence-electron chi connectivity index (χ4n) is 4.06. The number of rotatable bonds is 10. The molecule has 0 radical (unpaired) electrons. The summed E-state index contributed by atoms with van der Waals surface area (Å²) in [7, 11) is 0. The van der Waals surface area contributed by atoms with E-state index in [1.165, 1.54) is 11.8 Å². The summed E-state index contributed by atoms with van der Waals surface area (Å²) in [6.07, 6.45) is 1.38. The van der Waals surface area contributed by atoms with E-state index in [1.807, 2.05) is 52.0 Å². The van der Waals surface area contributed by atoms with Gasteiger partial charge in [-0.15, -0.1) is 23.5 Å². The maximum atomic E-state index is 11.1. The lowest BCUT2D eigenvalue weighted by atomic mass is 9.94. The van der Waals surface area contributed by atoms with E-state index in [0.717, 1.165) is 23.6 Å². The van der Waals surface area contributed by atoms with Crippen LogP contribution in [-0.4, -0.2) is 62.9 Å². The van der Waals surface area contributed by atoms with Crippen molar-refractivity contribution in [2.24, 2.45) is 9.98 Å². The summed E-state index contributed by atoms with van der Waals surface area (Å²) in [5.74, 6) is 2.14. The van der Waals surface area contributed by atoms with Crippen molar-refractivity contribution in [3.63, 3.8) is 0 Å². The molecule has 0 aliphatic carbocycles. The van der Waals surface area contributed by atoms with Crippen molar-refractivity contribution in [1.29, 1.82) is 0 Å². The van der Waals surface area contributed by atoms with E-state index in [2.05, 4.69) is 9.98 Å². The number of para-hydroxylation sites is 2. The Morgan fingerprint density at radius 2 is 1.73 bits per heavy atom. The SMILES string of the molecule is C.CC(C)(CCOC(C)(C)c1cccc(C2=NC(C=O)CS2)c1O)Oc1cccc(C2=NCCS2)c1O. The molecule has 0 spiro atoms. The Bertz CT molecular complexity index is 1190. The predicted molar refractivity (Wildman–Crippen MR) is 154 cm³/mol. The van der Waals surface area contributed by atoms with E-state index in [9.17, 15) is 15.0 Å². The molecule has 2 aliphatic rings. The molecule has 0 saturated carbocycles. The number of phenols is 2. The fourth-order valence-corrected chi connectivity index (χ4v) is 5.95. The average molecular weight is 545 g/mol. The van der Waals surface area contributed by atoms with Crippen LogP contribution < -0.4 is 4.74 Å². The van der Waals surface area contributed by atoms with Crippen molar-refractivity contribution in [3.8, 4) is 17.2 Å². The number of carbonyl (C=O) groups excluding carboxylic acids is 1. The monoisotopic (exact) mass is 544 g/mol. The Labute approximate surface area is 227 Å². The quantitative estimate of drug-likeness (QED) is 0.365. The van der Waals surface area contributed by atoms with Crippen LogP contribution in [0, 0.1) is 0 Å². The van der Waals surface area contributed by atoms with Gasteiger partial charge in [0.15, 0.2) is 11.5 Å². The summed E-state index contributed by atoms with van der Waals surface area (Å²) < 4.78 is 12.4. The molecule has 0 bridgehead atoms. The summed E-state index contributed by atoms with van der Waals surface area (Å²) in [6, 6.07) is 10.6. The Kier molecular flexibility index (Phi) is 9.37. The van der Waals surface area contributed by atoms with Crippen LogP contribution in [0.2, 0.25) is 0 Å². The maximum Gasteiger partial charge on any atom is 0.167 e. The first-order valence-corrected chi connectivity index (χ1v) is 13.9. The second-order valence-corrected chi connectivity index (χ2v) is 11.9. The van der Waals surface area contributed by atoms with Gasteiger partial charge in [0.1, 0.15) is 33.8 Å². The first-order chi connectivity index (χ1) is 17.1. The third-order valence-corrected chi connectivity index (χ3v) is 8.23. The zero-order valence-corrected chi connectivity index (χ0v) is 22.6. The highest BCUT2D eigenvalue weighted by Crippen LogP contribution is 2.39. The predicted octanol–water partition coefficient (Wildman–Crippen LogP) is 5.79. The van der Waals surface area contributed by atoms with Crippen LogP contribution in [0.5, 0.6) is 17.2 Å². The summed E-state index contributed by atoms with van der Waals surface area (Å²) in [5.41, 5.74) is 0.575. The zero-order valence-electron chi connectivity index (χ0n) is 21.0. The van der Waals surface area contributed by atoms with Gasteiger partial charge < -0.3 is 24.5 Å². The average Bonchev–Trinajstić information content (AvgIpc) is 3.52. The number of aldehydes is 1. The van der Waals surface area contributed by atoms with E-state index < -0.39 is 11.2 Å². The van der Waals surface area contributed by atoms with Gasteiger partial charge in [-0.3, -0.25) is 9.98 Å². The van der Waals surface area contributed by atoms with Gasteiger partial charge in [0.05, 0.1) is 17.8 Å². The first-order valence-electron chi connectivity index (χ1n) is 11.9. The number of thioether (sulfide) groups is 2. The van der Waals surface area contributed by atoms with Crippen LogP contribution in [0.25, 0.3) is 0 Å². The number of benzene rings is 2.